The number of rotatable bonds is 5. The van der Waals surface area contributed by atoms with Gasteiger partial charge in [0.25, 0.3) is 5.91 Å². The molecule has 2 saturated heterocycles. The lowest BCUT2D eigenvalue weighted by Gasteiger charge is -2.43. The summed E-state index contributed by atoms with van der Waals surface area (Å²) in [5.74, 6) is -2.30. The van der Waals surface area contributed by atoms with Gasteiger partial charge in [-0.05, 0) is 50.3 Å². The van der Waals surface area contributed by atoms with Crippen molar-refractivity contribution in [1.29, 1.82) is 0 Å². The Hall–Kier alpha value is -2.22. The third kappa shape index (κ3) is 5.23. The molecule has 3 amide bonds. The van der Waals surface area contributed by atoms with Crippen LogP contribution in [-0.4, -0.2) is 66.7 Å². The second-order valence-electron chi connectivity index (χ2n) is 7.64. The van der Waals surface area contributed by atoms with Gasteiger partial charge in [0.05, 0.1) is 0 Å². The summed E-state index contributed by atoms with van der Waals surface area (Å²) in [6.07, 6.45) is 3.81. The third-order valence-electron chi connectivity index (χ3n) is 5.66. The fourth-order valence-electron chi connectivity index (χ4n) is 4.08. The Kier molecular flexibility index (Phi) is 7.41. The highest BCUT2D eigenvalue weighted by Crippen LogP contribution is 2.25. The molecule has 0 aromatic heterocycles. The minimum Gasteiger partial charge on any atom is -0.381 e. The molecule has 1 aromatic carbocycles. The number of ether oxygens (including phenoxy) is 1. The summed E-state index contributed by atoms with van der Waals surface area (Å²) in [4.78, 5) is 29.1. The Bertz CT molecular complexity index is 717. The van der Waals surface area contributed by atoms with Gasteiger partial charge in [-0.25, -0.2) is 13.6 Å². The molecule has 2 heterocycles. The van der Waals surface area contributed by atoms with E-state index in [1.165, 1.54) is 6.07 Å². The summed E-state index contributed by atoms with van der Waals surface area (Å²) in [6, 6.07) is 3.35. The summed E-state index contributed by atoms with van der Waals surface area (Å²) in [6.45, 7) is 4.89. The largest absolute Gasteiger partial charge is 0.381 e. The van der Waals surface area contributed by atoms with Gasteiger partial charge in [0.15, 0.2) is 11.6 Å². The molecule has 0 aliphatic carbocycles. The highest BCUT2D eigenvalue weighted by molar-refractivity contribution is 5.94. The van der Waals surface area contributed by atoms with Crippen LogP contribution in [0.1, 0.15) is 49.4 Å². The van der Waals surface area contributed by atoms with E-state index in [2.05, 4.69) is 5.32 Å². The number of carbonyl (C=O) groups is 2. The molecule has 3 rings (SSSR count). The molecule has 2 fully saturated rings. The Balaban J connectivity index is 1.64. The molecule has 0 bridgehead atoms. The molecule has 2 aliphatic rings. The monoisotopic (exact) mass is 409 g/mol. The first kappa shape index (κ1) is 21.5. The number of halogens is 2. The minimum atomic E-state index is -1.02. The van der Waals surface area contributed by atoms with Crippen LogP contribution in [0.3, 0.4) is 0 Å². The lowest BCUT2D eigenvalue weighted by atomic mass is 9.97. The van der Waals surface area contributed by atoms with E-state index in [1.807, 2.05) is 11.8 Å². The number of amides is 3. The van der Waals surface area contributed by atoms with Gasteiger partial charge >= 0.3 is 6.03 Å². The fraction of sp³-hybridized carbons (Fsp3) is 0.619. The predicted octanol–water partition coefficient (Wildman–Crippen LogP) is 3.17. The van der Waals surface area contributed by atoms with E-state index < -0.39 is 11.6 Å². The summed E-state index contributed by atoms with van der Waals surface area (Å²) in [7, 11) is 0. The zero-order chi connectivity index (χ0) is 20.8. The average Bonchev–Trinajstić information content (AvgIpc) is 2.75. The van der Waals surface area contributed by atoms with Crippen LogP contribution < -0.4 is 5.32 Å². The van der Waals surface area contributed by atoms with Crippen LogP contribution in [0.5, 0.6) is 0 Å². The van der Waals surface area contributed by atoms with Crippen molar-refractivity contribution in [3.8, 4) is 0 Å². The zero-order valence-electron chi connectivity index (χ0n) is 16.8. The van der Waals surface area contributed by atoms with Crippen molar-refractivity contribution in [2.75, 3.05) is 32.8 Å². The van der Waals surface area contributed by atoms with Gasteiger partial charge in [-0.3, -0.25) is 4.79 Å². The zero-order valence-corrected chi connectivity index (χ0v) is 16.8. The highest BCUT2D eigenvalue weighted by atomic mass is 19.2. The van der Waals surface area contributed by atoms with Gasteiger partial charge < -0.3 is 19.9 Å². The van der Waals surface area contributed by atoms with E-state index in [1.54, 1.807) is 4.90 Å². The Morgan fingerprint density at radius 3 is 2.38 bits per heavy atom. The molecule has 0 saturated carbocycles. The standard InChI is InChI=1S/C21H29F2N3O3/c1-2-9-24-21(28)26(17-7-12-29-13-8-17)16-5-10-25(11-6-16)20(27)15-3-4-18(22)19(23)14-15/h3-4,14,16-17H,2,5-13H2,1H3,(H,24,28). The number of likely N-dealkylation sites (tertiary alicyclic amines) is 1. The number of urea groups is 1. The highest BCUT2D eigenvalue weighted by Gasteiger charge is 2.35. The molecule has 29 heavy (non-hydrogen) atoms. The summed E-state index contributed by atoms with van der Waals surface area (Å²) < 4.78 is 32.0. The van der Waals surface area contributed by atoms with Crippen molar-refractivity contribution in [2.24, 2.45) is 0 Å². The SMILES string of the molecule is CCCNC(=O)N(C1CCOCC1)C1CCN(C(=O)c2ccc(F)c(F)c2)CC1. The number of hydrogen-bond acceptors (Lipinski definition) is 3. The molecular weight excluding hydrogens is 380 g/mol. The number of nitrogens with zero attached hydrogens (tertiary/aromatic N) is 2. The smallest absolute Gasteiger partial charge is 0.317 e. The number of piperidine rings is 1. The molecule has 0 radical (unpaired) electrons. The fourth-order valence-corrected chi connectivity index (χ4v) is 4.08. The first-order valence-corrected chi connectivity index (χ1v) is 10.4. The molecule has 6 nitrogen and oxygen atoms in total. The Morgan fingerprint density at radius 1 is 1.10 bits per heavy atom. The van der Waals surface area contributed by atoms with Crippen molar-refractivity contribution in [2.45, 2.75) is 51.1 Å². The van der Waals surface area contributed by atoms with Crippen LogP contribution in [0.2, 0.25) is 0 Å². The van der Waals surface area contributed by atoms with Crippen LogP contribution >= 0.6 is 0 Å². The quantitative estimate of drug-likeness (QED) is 0.813. The van der Waals surface area contributed by atoms with Gasteiger partial charge in [0.1, 0.15) is 0 Å². The molecule has 1 aromatic rings. The number of carbonyl (C=O) groups excluding carboxylic acids is 2. The van der Waals surface area contributed by atoms with Crippen LogP contribution in [0.15, 0.2) is 18.2 Å². The van der Waals surface area contributed by atoms with E-state index in [-0.39, 0.29) is 29.6 Å². The first-order chi connectivity index (χ1) is 14.0. The molecule has 0 unspecified atom stereocenters. The van der Waals surface area contributed by atoms with Gasteiger partial charge in [0, 0.05) is 50.5 Å². The minimum absolute atomic E-state index is 0.0453. The van der Waals surface area contributed by atoms with E-state index in [0.29, 0.717) is 45.7 Å². The molecular formula is C21H29F2N3O3. The van der Waals surface area contributed by atoms with Gasteiger partial charge in [0.2, 0.25) is 0 Å². The van der Waals surface area contributed by atoms with E-state index in [4.69, 9.17) is 4.74 Å². The molecule has 1 N–H and O–H groups in total. The average molecular weight is 409 g/mol. The molecule has 2 aliphatic heterocycles. The second kappa shape index (κ2) is 10.0. The van der Waals surface area contributed by atoms with E-state index in [9.17, 15) is 18.4 Å². The van der Waals surface area contributed by atoms with Crippen LogP contribution in [-0.2, 0) is 4.74 Å². The molecule has 0 spiro atoms. The van der Waals surface area contributed by atoms with E-state index in [0.717, 1.165) is 31.4 Å². The van der Waals surface area contributed by atoms with Crippen LogP contribution in [0, 0.1) is 11.6 Å². The number of benzene rings is 1. The topological polar surface area (TPSA) is 61.9 Å². The summed E-state index contributed by atoms with van der Waals surface area (Å²) >= 11 is 0. The molecule has 160 valence electrons. The predicted molar refractivity (Wildman–Crippen MR) is 105 cm³/mol. The van der Waals surface area contributed by atoms with Crippen LogP contribution in [0.4, 0.5) is 13.6 Å². The Labute approximate surface area is 170 Å². The summed E-state index contributed by atoms with van der Waals surface area (Å²) in [5, 5.41) is 2.99. The van der Waals surface area contributed by atoms with Crippen molar-refractivity contribution in [3.63, 3.8) is 0 Å². The van der Waals surface area contributed by atoms with Crippen molar-refractivity contribution in [1.82, 2.24) is 15.1 Å². The lowest BCUT2D eigenvalue weighted by molar-refractivity contribution is 0.0209. The maximum Gasteiger partial charge on any atom is 0.317 e. The van der Waals surface area contributed by atoms with Crippen LogP contribution in [0.25, 0.3) is 0 Å². The van der Waals surface area contributed by atoms with Crippen molar-refractivity contribution in [3.05, 3.63) is 35.4 Å². The summed E-state index contributed by atoms with van der Waals surface area (Å²) in [5.41, 5.74) is 0.143. The maximum atomic E-state index is 13.5. The van der Waals surface area contributed by atoms with Gasteiger partial charge in [-0.2, -0.15) is 0 Å². The van der Waals surface area contributed by atoms with E-state index >= 15 is 0 Å². The third-order valence-corrected chi connectivity index (χ3v) is 5.66. The van der Waals surface area contributed by atoms with Crippen molar-refractivity contribution >= 4 is 11.9 Å². The normalized spacial score (nSPS) is 18.5. The lowest BCUT2D eigenvalue weighted by Crippen LogP contribution is -2.56. The first-order valence-electron chi connectivity index (χ1n) is 10.4. The maximum absolute atomic E-state index is 13.5. The Morgan fingerprint density at radius 2 is 1.76 bits per heavy atom. The number of hydrogen-bond donors (Lipinski definition) is 1. The molecule has 0 atom stereocenters. The van der Waals surface area contributed by atoms with Crippen molar-refractivity contribution < 1.29 is 23.1 Å². The van der Waals surface area contributed by atoms with Gasteiger partial charge in [-0.15, -0.1) is 0 Å². The number of nitrogens with one attached hydrogen (secondary N) is 1. The van der Waals surface area contributed by atoms with Gasteiger partial charge in [-0.1, -0.05) is 6.92 Å². The second-order valence-corrected chi connectivity index (χ2v) is 7.64. The molecule has 8 heteroatoms.